The molecule has 0 saturated heterocycles. The fraction of sp³-hybridized carbons (Fsp3) is 0.455. The molecule has 0 aliphatic rings. The summed E-state index contributed by atoms with van der Waals surface area (Å²) in [5.41, 5.74) is 3.41. The summed E-state index contributed by atoms with van der Waals surface area (Å²) in [5.74, 6) is 6.96. The maximum absolute atomic E-state index is 5.37. The lowest BCUT2D eigenvalue weighted by molar-refractivity contribution is 0.736. The van der Waals surface area contributed by atoms with Crippen molar-refractivity contribution in [3.8, 4) is 5.95 Å². The van der Waals surface area contributed by atoms with Gasteiger partial charge in [0.15, 0.2) is 0 Å². The average molecular weight is 262 g/mol. The summed E-state index contributed by atoms with van der Waals surface area (Å²) >= 11 is 0. The van der Waals surface area contributed by atoms with Gasteiger partial charge in [0.1, 0.15) is 0 Å². The van der Waals surface area contributed by atoms with Gasteiger partial charge in [-0.3, -0.25) is 5.43 Å². The van der Waals surface area contributed by atoms with Crippen molar-refractivity contribution in [1.29, 1.82) is 0 Å². The number of nitrogen functional groups attached to an aromatic ring is 1. The number of rotatable bonds is 4. The molecule has 0 aromatic carbocycles. The summed E-state index contributed by atoms with van der Waals surface area (Å²) < 4.78 is 1.62. The number of nitrogens with one attached hydrogen (secondary N) is 1. The number of aromatic nitrogens is 5. The molecule has 2 aromatic heterocycles. The van der Waals surface area contributed by atoms with E-state index in [9.17, 15) is 0 Å². The van der Waals surface area contributed by atoms with E-state index in [1.165, 1.54) is 0 Å². The van der Waals surface area contributed by atoms with Gasteiger partial charge in [-0.05, 0) is 12.0 Å². The molecule has 2 heterocycles. The second kappa shape index (κ2) is 5.19. The minimum atomic E-state index is 0.301. The molecule has 0 radical (unpaired) electrons. The largest absolute Gasteiger partial charge is 0.347 e. The van der Waals surface area contributed by atoms with Gasteiger partial charge in [0.2, 0.25) is 11.9 Å². The molecule has 8 heteroatoms. The predicted octanol–water partition coefficient (Wildman–Crippen LogP) is 0.532. The van der Waals surface area contributed by atoms with E-state index < -0.39 is 0 Å². The highest BCUT2D eigenvalue weighted by Crippen LogP contribution is 2.14. The van der Waals surface area contributed by atoms with Crippen molar-refractivity contribution in [3.05, 3.63) is 18.0 Å². The monoisotopic (exact) mass is 262 g/mol. The van der Waals surface area contributed by atoms with E-state index in [2.05, 4.69) is 39.3 Å². The van der Waals surface area contributed by atoms with Crippen molar-refractivity contribution in [2.75, 3.05) is 24.4 Å². The fourth-order valence-electron chi connectivity index (χ4n) is 1.48. The van der Waals surface area contributed by atoms with Gasteiger partial charge in [0.25, 0.3) is 5.95 Å². The Bertz CT molecular complexity index is 560. The van der Waals surface area contributed by atoms with Crippen LogP contribution >= 0.6 is 0 Å². The van der Waals surface area contributed by atoms with Crippen LogP contribution in [0.1, 0.15) is 25.5 Å². The van der Waals surface area contributed by atoms with Gasteiger partial charge in [-0.15, -0.1) is 0 Å². The van der Waals surface area contributed by atoms with E-state index in [0.29, 0.717) is 23.8 Å². The molecule has 102 valence electrons. The number of nitrogens with zero attached hydrogens (tertiary/aromatic N) is 6. The number of hydrogen-bond acceptors (Lipinski definition) is 7. The first kappa shape index (κ1) is 13.2. The summed E-state index contributed by atoms with van der Waals surface area (Å²) in [6.45, 7) is 4.16. The molecule has 0 aliphatic carbocycles. The second-order valence-corrected chi connectivity index (χ2v) is 4.64. The highest BCUT2D eigenvalue weighted by molar-refractivity contribution is 5.38. The number of anilines is 2. The molecule has 2 aromatic rings. The van der Waals surface area contributed by atoms with Gasteiger partial charge in [0, 0.05) is 20.3 Å². The van der Waals surface area contributed by atoms with Crippen LogP contribution in [0.4, 0.5) is 11.9 Å². The summed E-state index contributed by atoms with van der Waals surface area (Å²) in [7, 11) is 3.70. The van der Waals surface area contributed by atoms with Crippen molar-refractivity contribution in [1.82, 2.24) is 24.7 Å². The summed E-state index contributed by atoms with van der Waals surface area (Å²) in [4.78, 5) is 14.4. The summed E-state index contributed by atoms with van der Waals surface area (Å²) in [6, 6.07) is 1.94. The Labute approximate surface area is 111 Å². The van der Waals surface area contributed by atoms with Gasteiger partial charge in [-0.1, -0.05) is 13.8 Å². The minimum absolute atomic E-state index is 0.301. The van der Waals surface area contributed by atoms with Crippen LogP contribution in [0.3, 0.4) is 0 Å². The Morgan fingerprint density at radius 2 is 2.00 bits per heavy atom. The van der Waals surface area contributed by atoms with E-state index in [1.807, 2.05) is 26.4 Å². The number of hydrogen-bond donors (Lipinski definition) is 2. The lowest BCUT2D eigenvalue weighted by Gasteiger charge is -2.12. The van der Waals surface area contributed by atoms with Crippen LogP contribution in [0.15, 0.2) is 12.3 Å². The molecule has 0 aliphatic heterocycles. The van der Waals surface area contributed by atoms with Crippen molar-refractivity contribution in [2.45, 2.75) is 19.8 Å². The fourth-order valence-corrected chi connectivity index (χ4v) is 1.48. The number of hydrazine groups is 1. The van der Waals surface area contributed by atoms with Crippen molar-refractivity contribution >= 4 is 11.9 Å². The highest BCUT2D eigenvalue weighted by Gasteiger charge is 2.11. The zero-order valence-corrected chi connectivity index (χ0v) is 11.5. The Balaban J connectivity index is 2.45. The quantitative estimate of drug-likeness (QED) is 0.612. The molecular weight excluding hydrogens is 244 g/mol. The smallest absolute Gasteiger partial charge is 0.257 e. The van der Waals surface area contributed by atoms with Crippen LogP contribution in [-0.4, -0.2) is 38.8 Å². The van der Waals surface area contributed by atoms with Gasteiger partial charge in [-0.2, -0.15) is 20.1 Å². The standard InChI is InChI=1S/C11H18N8/c1-7(2)8-5-6-19(17-8)11-14-9(16-12)13-10(15-11)18(3)4/h5-7H,12H2,1-4H3,(H,13,14,15,16). The number of nitrogens with two attached hydrogens (primary N) is 1. The molecule has 0 saturated carbocycles. The molecule has 0 unspecified atom stereocenters. The third kappa shape index (κ3) is 2.79. The molecule has 0 fully saturated rings. The predicted molar refractivity (Wildman–Crippen MR) is 73.2 cm³/mol. The van der Waals surface area contributed by atoms with E-state index in [0.717, 1.165) is 5.69 Å². The molecule has 8 nitrogen and oxygen atoms in total. The normalized spacial score (nSPS) is 10.8. The molecule has 3 N–H and O–H groups in total. The van der Waals surface area contributed by atoms with Crippen LogP contribution < -0.4 is 16.2 Å². The SMILES string of the molecule is CC(C)c1ccn(-c2nc(NN)nc(N(C)C)n2)n1. The average Bonchev–Trinajstić information content (AvgIpc) is 2.87. The van der Waals surface area contributed by atoms with E-state index in [4.69, 9.17) is 5.84 Å². The van der Waals surface area contributed by atoms with Crippen molar-refractivity contribution in [3.63, 3.8) is 0 Å². The third-order valence-electron chi connectivity index (χ3n) is 2.55. The maximum atomic E-state index is 5.37. The lowest BCUT2D eigenvalue weighted by Crippen LogP contribution is -2.19. The highest BCUT2D eigenvalue weighted by atomic mass is 15.4. The zero-order valence-electron chi connectivity index (χ0n) is 11.5. The van der Waals surface area contributed by atoms with Crippen LogP contribution in [0.5, 0.6) is 0 Å². The summed E-state index contributed by atoms with van der Waals surface area (Å²) in [6.07, 6.45) is 1.82. The van der Waals surface area contributed by atoms with Gasteiger partial charge in [0.05, 0.1) is 5.69 Å². The first-order valence-electron chi connectivity index (χ1n) is 5.97. The molecular formula is C11H18N8. The third-order valence-corrected chi connectivity index (χ3v) is 2.55. The van der Waals surface area contributed by atoms with E-state index >= 15 is 0 Å². The van der Waals surface area contributed by atoms with Crippen LogP contribution in [0, 0.1) is 0 Å². The van der Waals surface area contributed by atoms with Gasteiger partial charge < -0.3 is 4.90 Å². The van der Waals surface area contributed by atoms with Crippen LogP contribution in [0.25, 0.3) is 5.95 Å². The first-order valence-corrected chi connectivity index (χ1v) is 5.97. The molecule has 19 heavy (non-hydrogen) atoms. The van der Waals surface area contributed by atoms with Gasteiger partial charge >= 0.3 is 0 Å². The van der Waals surface area contributed by atoms with E-state index in [-0.39, 0.29) is 0 Å². The summed E-state index contributed by atoms with van der Waals surface area (Å²) in [5, 5.41) is 4.43. The van der Waals surface area contributed by atoms with Crippen molar-refractivity contribution < 1.29 is 0 Å². The second-order valence-electron chi connectivity index (χ2n) is 4.64. The van der Waals surface area contributed by atoms with Crippen LogP contribution in [-0.2, 0) is 0 Å². The van der Waals surface area contributed by atoms with E-state index in [1.54, 1.807) is 9.58 Å². The molecule has 2 rings (SSSR count). The Hall–Kier alpha value is -2.22. The topological polar surface area (TPSA) is 97.8 Å². The Morgan fingerprint density at radius 1 is 1.26 bits per heavy atom. The molecule has 0 amide bonds. The Kier molecular flexibility index (Phi) is 3.61. The molecule has 0 bridgehead atoms. The zero-order chi connectivity index (χ0) is 14.0. The molecule has 0 atom stereocenters. The molecule has 0 spiro atoms. The maximum Gasteiger partial charge on any atom is 0.257 e. The first-order chi connectivity index (χ1) is 9.01. The van der Waals surface area contributed by atoms with Crippen LogP contribution in [0.2, 0.25) is 0 Å². The minimum Gasteiger partial charge on any atom is -0.347 e. The Morgan fingerprint density at radius 3 is 2.53 bits per heavy atom. The van der Waals surface area contributed by atoms with Gasteiger partial charge in [-0.25, -0.2) is 10.5 Å². The van der Waals surface area contributed by atoms with Crippen molar-refractivity contribution in [2.24, 2.45) is 5.84 Å². The lowest BCUT2D eigenvalue weighted by atomic mass is 10.1.